The Kier molecular flexibility index (Phi) is 4.69. The van der Waals surface area contributed by atoms with Gasteiger partial charge >= 0.3 is 6.18 Å². The molecule has 0 atom stereocenters. The predicted molar refractivity (Wildman–Crippen MR) is 106 cm³/mol. The maximum atomic E-state index is 13.0. The highest BCUT2D eigenvalue weighted by Gasteiger charge is 2.30. The van der Waals surface area contributed by atoms with E-state index < -0.39 is 23.2 Å². The summed E-state index contributed by atoms with van der Waals surface area (Å²) in [6.45, 7) is 3.14. The first-order chi connectivity index (χ1) is 14.2. The molecule has 0 saturated carbocycles. The number of amides is 1. The summed E-state index contributed by atoms with van der Waals surface area (Å²) in [5, 5.41) is 6.15. The first kappa shape index (κ1) is 19.8. The van der Waals surface area contributed by atoms with Crippen LogP contribution in [0.15, 0.2) is 46.7 Å². The normalized spacial score (nSPS) is 11.8. The summed E-state index contributed by atoms with van der Waals surface area (Å²) >= 11 is 1.32. The van der Waals surface area contributed by atoms with Crippen molar-refractivity contribution in [1.82, 2.24) is 19.4 Å². The van der Waals surface area contributed by atoms with Crippen molar-refractivity contribution >= 4 is 27.5 Å². The lowest BCUT2D eigenvalue weighted by Crippen LogP contribution is -2.35. The fourth-order valence-electron chi connectivity index (χ4n) is 3.02. The second-order valence-electron chi connectivity index (χ2n) is 6.48. The molecule has 0 radical (unpaired) electrons. The molecular formula is C19H14F3N5O2S. The maximum Gasteiger partial charge on any atom is 0.416 e. The molecule has 7 nitrogen and oxygen atoms in total. The molecule has 0 fully saturated rings. The first-order valence-corrected chi connectivity index (χ1v) is 9.55. The van der Waals surface area contributed by atoms with Gasteiger partial charge in [0.1, 0.15) is 10.7 Å². The van der Waals surface area contributed by atoms with Gasteiger partial charge in [-0.2, -0.15) is 18.3 Å². The van der Waals surface area contributed by atoms with Gasteiger partial charge in [0.05, 0.1) is 34.1 Å². The van der Waals surface area contributed by atoms with Crippen LogP contribution in [-0.4, -0.2) is 25.3 Å². The van der Waals surface area contributed by atoms with E-state index >= 15 is 0 Å². The van der Waals surface area contributed by atoms with Gasteiger partial charge in [0, 0.05) is 0 Å². The quantitative estimate of drug-likeness (QED) is 0.535. The topological polar surface area (TPSA) is 81.8 Å². The molecule has 4 aromatic rings. The zero-order valence-corrected chi connectivity index (χ0v) is 16.5. The summed E-state index contributed by atoms with van der Waals surface area (Å²) in [5.74, 6) is -0.335. The Labute approximate surface area is 171 Å². The number of nitrogens with zero attached hydrogens (tertiary/aromatic N) is 4. The summed E-state index contributed by atoms with van der Waals surface area (Å²) in [4.78, 5) is 30.2. The average Bonchev–Trinajstić information content (AvgIpc) is 3.31. The SMILES string of the molecule is Cc1c(C(=O)Nn2c(C)nc3sccc3c2=O)cnn1-c1cccc(C(F)(F)F)c1. The molecule has 1 aromatic carbocycles. The Morgan fingerprint density at radius 1 is 1.20 bits per heavy atom. The van der Waals surface area contributed by atoms with Crippen LogP contribution >= 0.6 is 11.3 Å². The fourth-order valence-corrected chi connectivity index (χ4v) is 3.82. The summed E-state index contributed by atoms with van der Waals surface area (Å²) in [5.41, 5.74) is 1.85. The number of aryl methyl sites for hydroxylation is 1. The third-order valence-corrected chi connectivity index (χ3v) is 5.36. The van der Waals surface area contributed by atoms with Crippen molar-refractivity contribution < 1.29 is 18.0 Å². The van der Waals surface area contributed by atoms with Gasteiger partial charge in [-0.25, -0.2) is 14.3 Å². The molecule has 11 heteroatoms. The monoisotopic (exact) mass is 433 g/mol. The molecular weight excluding hydrogens is 419 g/mol. The van der Waals surface area contributed by atoms with Crippen LogP contribution in [0.2, 0.25) is 0 Å². The standard InChI is InChI=1S/C19H14F3N5O2S/c1-10-15(9-23-26(10)13-5-3-4-12(8-13)19(20,21)22)16(28)25-27-11(2)24-17-14(18(27)29)6-7-30-17/h3-9H,1-2H3,(H,25,28). The number of nitrogens with one attached hydrogen (secondary N) is 1. The minimum atomic E-state index is -4.50. The maximum absolute atomic E-state index is 13.0. The van der Waals surface area contributed by atoms with Crippen LogP contribution in [0.3, 0.4) is 0 Å². The predicted octanol–water partition coefficient (Wildman–Crippen LogP) is 3.66. The molecule has 4 rings (SSSR count). The van der Waals surface area contributed by atoms with Crippen LogP contribution in [-0.2, 0) is 6.18 Å². The number of carbonyl (C=O) groups is 1. The molecule has 3 heterocycles. The van der Waals surface area contributed by atoms with Crippen LogP contribution in [0.1, 0.15) is 27.4 Å². The second-order valence-corrected chi connectivity index (χ2v) is 7.38. The van der Waals surface area contributed by atoms with Crippen LogP contribution < -0.4 is 11.0 Å². The van der Waals surface area contributed by atoms with Gasteiger partial charge in [-0.05, 0) is 43.5 Å². The third-order valence-electron chi connectivity index (χ3n) is 4.55. The van der Waals surface area contributed by atoms with Crippen LogP contribution in [0.4, 0.5) is 13.2 Å². The van der Waals surface area contributed by atoms with Crippen LogP contribution in [0.25, 0.3) is 15.9 Å². The van der Waals surface area contributed by atoms with Crippen molar-refractivity contribution in [3.63, 3.8) is 0 Å². The van der Waals surface area contributed by atoms with Crippen molar-refractivity contribution in [2.45, 2.75) is 20.0 Å². The van der Waals surface area contributed by atoms with E-state index in [0.717, 1.165) is 16.8 Å². The van der Waals surface area contributed by atoms with Crippen molar-refractivity contribution in [1.29, 1.82) is 0 Å². The number of hydrogen-bond acceptors (Lipinski definition) is 5. The molecule has 154 valence electrons. The van der Waals surface area contributed by atoms with Gasteiger partial charge < -0.3 is 0 Å². The number of thiophene rings is 1. The Hall–Kier alpha value is -3.47. The Morgan fingerprint density at radius 2 is 1.97 bits per heavy atom. The molecule has 30 heavy (non-hydrogen) atoms. The van der Waals surface area contributed by atoms with E-state index in [0.29, 0.717) is 21.7 Å². The molecule has 0 saturated heterocycles. The Balaban J connectivity index is 1.68. The number of hydrogen-bond donors (Lipinski definition) is 1. The lowest BCUT2D eigenvalue weighted by Gasteiger charge is -2.12. The summed E-state index contributed by atoms with van der Waals surface area (Å²) in [6.07, 6.45) is -3.26. The van der Waals surface area contributed by atoms with E-state index in [-0.39, 0.29) is 11.3 Å². The van der Waals surface area contributed by atoms with Gasteiger partial charge in [-0.15, -0.1) is 11.3 Å². The van der Waals surface area contributed by atoms with Crippen molar-refractivity contribution in [3.8, 4) is 5.69 Å². The lowest BCUT2D eigenvalue weighted by molar-refractivity contribution is -0.137. The van der Waals surface area contributed by atoms with Crippen molar-refractivity contribution in [2.75, 3.05) is 5.43 Å². The van der Waals surface area contributed by atoms with E-state index in [2.05, 4.69) is 15.5 Å². The number of benzene rings is 1. The Morgan fingerprint density at radius 3 is 2.70 bits per heavy atom. The third kappa shape index (κ3) is 3.36. The summed E-state index contributed by atoms with van der Waals surface area (Å²) in [7, 11) is 0. The molecule has 0 spiro atoms. The van der Waals surface area contributed by atoms with E-state index in [9.17, 15) is 22.8 Å². The van der Waals surface area contributed by atoms with Gasteiger partial charge in [-0.3, -0.25) is 15.0 Å². The smallest absolute Gasteiger partial charge is 0.267 e. The molecule has 3 aromatic heterocycles. The molecule has 1 amide bonds. The van der Waals surface area contributed by atoms with E-state index in [1.165, 1.54) is 34.3 Å². The molecule has 0 aliphatic heterocycles. The molecule has 0 aliphatic rings. The van der Waals surface area contributed by atoms with Gasteiger partial charge in [0.2, 0.25) is 0 Å². The van der Waals surface area contributed by atoms with Crippen LogP contribution in [0, 0.1) is 13.8 Å². The number of carbonyl (C=O) groups excluding carboxylic acids is 1. The zero-order chi connectivity index (χ0) is 21.6. The largest absolute Gasteiger partial charge is 0.416 e. The second kappa shape index (κ2) is 7.10. The average molecular weight is 433 g/mol. The minimum absolute atomic E-state index is 0.115. The van der Waals surface area contributed by atoms with Crippen molar-refractivity contribution in [3.05, 3.63) is 74.9 Å². The zero-order valence-electron chi connectivity index (χ0n) is 15.7. The van der Waals surface area contributed by atoms with E-state index in [1.54, 1.807) is 25.3 Å². The van der Waals surface area contributed by atoms with Crippen LogP contribution in [0.5, 0.6) is 0 Å². The molecule has 1 N–H and O–H groups in total. The van der Waals surface area contributed by atoms with Crippen molar-refractivity contribution in [2.24, 2.45) is 0 Å². The number of alkyl halides is 3. The van der Waals surface area contributed by atoms with E-state index in [4.69, 9.17) is 0 Å². The number of halogens is 3. The Bertz CT molecular complexity index is 1340. The number of aromatic nitrogens is 4. The molecule has 0 aliphatic carbocycles. The minimum Gasteiger partial charge on any atom is -0.267 e. The number of rotatable bonds is 3. The number of fused-ring (bicyclic) bond motifs is 1. The highest BCUT2D eigenvalue weighted by atomic mass is 32.1. The van der Waals surface area contributed by atoms with Gasteiger partial charge in [0.25, 0.3) is 11.5 Å². The van der Waals surface area contributed by atoms with Gasteiger partial charge in [-0.1, -0.05) is 6.07 Å². The first-order valence-electron chi connectivity index (χ1n) is 8.67. The summed E-state index contributed by atoms with van der Waals surface area (Å²) in [6, 6.07) is 6.25. The highest BCUT2D eigenvalue weighted by molar-refractivity contribution is 7.16. The lowest BCUT2D eigenvalue weighted by atomic mass is 10.2. The van der Waals surface area contributed by atoms with E-state index in [1.807, 2.05) is 0 Å². The fraction of sp³-hybridized carbons (Fsp3) is 0.158. The molecule has 0 unspecified atom stereocenters. The van der Waals surface area contributed by atoms with Gasteiger partial charge in [0.15, 0.2) is 0 Å². The highest BCUT2D eigenvalue weighted by Crippen LogP contribution is 2.30. The summed E-state index contributed by atoms with van der Waals surface area (Å²) < 4.78 is 41.3. The molecule has 0 bridgehead atoms.